The summed E-state index contributed by atoms with van der Waals surface area (Å²) in [5.41, 5.74) is 2.21. The third kappa shape index (κ3) is 5.60. The minimum absolute atomic E-state index is 0.323. The van der Waals surface area contributed by atoms with E-state index in [-0.39, 0.29) is 5.91 Å². The van der Waals surface area contributed by atoms with Crippen LogP contribution in [-0.2, 0) is 16.0 Å². The molecule has 2 rings (SSSR count). The highest BCUT2D eigenvalue weighted by Gasteiger charge is 2.18. The van der Waals surface area contributed by atoms with Gasteiger partial charge in [0.25, 0.3) is 5.91 Å². The van der Waals surface area contributed by atoms with E-state index in [1.165, 1.54) is 6.20 Å². The number of aromatic nitrogens is 1. The average Bonchev–Trinajstić information content (AvgIpc) is 2.62. The van der Waals surface area contributed by atoms with E-state index in [4.69, 9.17) is 9.47 Å². The Labute approximate surface area is 147 Å². The van der Waals surface area contributed by atoms with Gasteiger partial charge in [-0.1, -0.05) is 12.1 Å². The quantitative estimate of drug-likeness (QED) is 0.781. The zero-order valence-electron chi connectivity index (χ0n) is 14.6. The monoisotopic (exact) mass is 342 g/mol. The Morgan fingerprint density at radius 2 is 1.88 bits per heavy atom. The summed E-state index contributed by atoms with van der Waals surface area (Å²) in [5.74, 6) is -0.105. The van der Waals surface area contributed by atoms with Gasteiger partial charge >= 0.3 is 5.97 Å². The SMILES string of the molecule is COc1ccc(CCNC(=O)C(C)OC(=O)c2ccc(C)nc2)cc1. The average molecular weight is 342 g/mol. The van der Waals surface area contributed by atoms with Gasteiger partial charge in [0.1, 0.15) is 5.75 Å². The largest absolute Gasteiger partial charge is 0.497 e. The van der Waals surface area contributed by atoms with Crippen molar-refractivity contribution in [2.24, 2.45) is 0 Å². The van der Waals surface area contributed by atoms with Crippen LogP contribution in [-0.4, -0.2) is 36.6 Å². The predicted octanol–water partition coefficient (Wildman–Crippen LogP) is 2.30. The number of esters is 1. The number of nitrogens with zero attached hydrogens (tertiary/aromatic N) is 1. The second kappa shape index (κ2) is 8.82. The van der Waals surface area contributed by atoms with Gasteiger partial charge in [0.05, 0.1) is 12.7 Å². The van der Waals surface area contributed by atoms with Crippen LogP contribution < -0.4 is 10.1 Å². The summed E-state index contributed by atoms with van der Waals surface area (Å²) in [6.07, 6.45) is 1.24. The number of hydrogen-bond donors (Lipinski definition) is 1. The van der Waals surface area contributed by atoms with Gasteiger partial charge in [-0.15, -0.1) is 0 Å². The molecule has 1 unspecified atom stereocenters. The number of methoxy groups -OCH3 is 1. The summed E-state index contributed by atoms with van der Waals surface area (Å²) in [7, 11) is 1.62. The molecule has 0 aliphatic heterocycles. The van der Waals surface area contributed by atoms with Crippen LogP contribution in [0.3, 0.4) is 0 Å². The van der Waals surface area contributed by atoms with Crippen molar-refractivity contribution in [2.75, 3.05) is 13.7 Å². The van der Waals surface area contributed by atoms with E-state index in [1.807, 2.05) is 31.2 Å². The first kappa shape index (κ1) is 18.4. The number of amides is 1. The second-order valence-electron chi connectivity index (χ2n) is 5.62. The number of pyridine rings is 1. The molecule has 132 valence electrons. The Balaban J connectivity index is 1.77. The Hall–Kier alpha value is -2.89. The van der Waals surface area contributed by atoms with E-state index in [9.17, 15) is 9.59 Å². The number of aryl methyl sites for hydroxylation is 1. The molecule has 6 nitrogen and oxygen atoms in total. The summed E-state index contributed by atoms with van der Waals surface area (Å²) < 4.78 is 10.3. The Kier molecular flexibility index (Phi) is 6.51. The molecule has 0 bridgehead atoms. The van der Waals surface area contributed by atoms with E-state index < -0.39 is 12.1 Å². The maximum Gasteiger partial charge on any atom is 0.340 e. The van der Waals surface area contributed by atoms with Crippen molar-refractivity contribution in [3.63, 3.8) is 0 Å². The van der Waals surface area contributed by atoms with Gasteiger partial charge in [-0.25, -0.2) is 4.79 Å². The van der Waals surface area contributed by atoms with Crippen LogP contribution in [0.15, 0.2) is 42.6 Å². The lowest BCUT2D eigenvalue weighted by Crippen LogP contribution is -2.36. The van der Waals surface area contributed by atoms with E-state index >= 15 is 0 Å². The molecule has 0 saturated carbocycles. The molecule has 1 atom stereocenters. The molecule has 6 heteroatoms. The number of carbonyl (C=O) groups is 2. The Bertz CT molecular complexity index is 711. The molecule has 0 aliphatic carbocycles. The molecule has 0 aliphatic rings. The molecule has 1 N–H and O–H groups in total. The smallest absolute Gasteiger partial charge is 0.340 e. The number of carbonyl (C=O) groups excluding carboxylic acids is 2. The topological polar surface area (TPSA) is 77.5 Å². The normalized spacial score (nSPS) is 11.5. The van der Waals surface area contributed by atoms with Crippen molar-refractivity contribution in [1.82, 2.24) is 10.3 Å². The molecular weight excluding hydrogens is 320 g/mol. The highest BCUT2D eigenvalue weighted by molar-refractivity contribution is 5.91. The standard InChI is InChI=1S/C19H22N2O4/c1-13-4-7-16(12-21-13)19(23)25-14(2)18(22)20-11-10-15-5-8-17(24-3)9-6-15/h4-9,12,14H,10-11H2,1-3H3,(H,20,22). The first-order valence-corrected chi connectivity index (χ1v) is 8.04. The van der Waals surface area contributed by atoms with Crippen molar-refractivity contribution in [3.05, 3.63) is 59.4 Å². The number of benzene rings is 1. The van der Waals surface area contributed by atoms with E-state index in [0.29, 0.717) is 18.5 Å². The maximum absolute atomic E-state index is 12.0. The van der Waals surface area contributed by atoms with Gasteiger partial charge in [0.2, 0.25) is 0 Å². The van der Waals surface area contributed by atoms with Crippen molar-refractivity contribution in [1.29, 1.82) is 0 Å². The minimum atomic E-state index is -0.871. The molecule has 0 radical (unpaired) electrons. The zero-order chi connectivity index (χ0) is 18.2. The fourth-order valence-electron chi connectivity index (χ4n) is 2.14. The molecular formula is C19H22N2O4. The third-order valence-electron chi connectivity index (χ3n) is 3.67. The van der Waals surface area contributed by atoms with E-state index in [1.54, 1.807) is 26.2 Å². The molecule has 0 saturated heterocycles. The number of ether oxygens (including phenoxy) is 2. The van der Waals surface area contributed by atoms with Crippen molar-refractivity contribution < 1.29 is 19.1 Å². The molecule has 1 amide bonds. The molecule has 1 heterocycles. The van der Waals surface area contributed by atoms with E-state index in [0.717, 1.165) is 17.0 Å². The van der Waals surface area contributed by atoms with Gasteiger partial charge in [-0.2, -0.15) is 0 Å². The third-order valence-corrected chi connectivity index (χ3v) is 3.67. The highest BCUT2D eigenvalue weighted by atomic mass is 16.5. The van der Waals surface area contributed by atoms with Crippen molar-refractivity contribution in [2.45, 2.75) is 26.4 Å². The number of hydrogen-bond acceptors (Lipinski definition) is 5. The van der Waals surface area contributed by atoms with Gasteiger partial charge in [-0.3, -0.25) is 9.78 Å². The fraction of sp³-hybridized carbons (Fsp3) is 0.316. The second-order valence-corrected chi connectivity index (χ2v) is 5.62. The molecule has 0 spiro atoms. The summed E-state index contributed by atoms with van der Waals surface area (Å²) >= 11 is 0. The molecule has 1 aromatic carbocycles. The molecule has 25 heavy (non-hydrogen) atoms. The van der Waals surface area contributed by atoms with Crippen LogP contribution in [0.5, 0.6) is 5.75 Å². The summed E-state index contributed by atoms with van der Waals surface area (Å²) in [4.78, 5) is 28.0. The van der Waals surface area contributed by atoms with Crippen molar-refractivity contribution in [3.8, 4) is 5.75 Å². The van der Waals surface area contributed by atoms with Crippen LogP contribution >= 0.6 is 0 Å². The Morgan fingerprint density at radius 1 is 1.16 bits per heavy atom. The van der Waals surface area contributed by atoms with Gasteiger partial charge in [0.15, 0.2) is 6.10 Å². The predicted molar refractivity (Wildman–Crippen MR) is 93.6 cm³/mol. The summed E-state index contributed by atoms with van der Waals surface area (Å²) in [6, 6.07) is 11.0. The first-order chi connectivity index (χ1) is 12.0. The number of rotatable bonds is 7. The van der Waals surface area contributed by atoms with Crippen LogP contribution in [0.1, 0.15) is 28.5 Å². The highest BCUT2D eigenvalue weighted by Crippen LogP contribution is 2.11. The number of nitrogens with one attached hydrogen (secondary N) is 1. The lowest BCUT2D eigenvalue weighted by atomic mass is 10.1. The minimum Gasteiger partial charge on any atom is -0.497 e. The van der Waals surface area contributed by atoms with Crippen LogP contribution in [0, 0.1) is 6.92 Å². The van der Waals surface area contributed by atoms with Crippen LogP contribution in [0.2, 0.25) is 0 Å². The summed E-state index contributed by atoms with van der Waals surface area (Å²) in [5, 5.41) is 2.76. The van der Waals surface area contributed by atoms with Gasteiger partial charge < -0.3 is 14.8 Å². The Morgan fingerprint density at radius 3 is 2.48 bits per heavy atom. The summed E-state index contributed by atoms with van der Waals surface area (Å²) in [6.45, 7) is 3.83. The first-order valence-electron chi connectivity index (χ1n) is 8.04. The van der Waals surface area contributed by atoms with E-state index in [2.05, 4.69) is 10.3 Å². The molecule has 0 fully saturated rings. The van der Waals surface area contributed by atoms with Crippen molar-refractivity contribution >= 4 is 11.9 Å². The van der Waals surface area contributed by atoms with Crippen LogP contribution in [0.4, 0.5) is 0 Å². The lowest BCUT2D eigenvalue weighted by molar-refractivity contribution is -0.129. The molecule has 2 aromatic rings. The zero-order valence-corrected chi connectivity index (χ0v) is 14.6. The van der Waals surface area contributed by atoms with Crippen LogP contribution in [0.25, 0.3) is 0 Å². The maximum atomic E-state index is 12.0. The van der Waals surface area contributed by atoms with Gasteiger partial charge in [0, 0.05) is 18.4 Å². The lowest BCUT2D eigenvalue weighted by Gasteiger charge is -2.13. The van der Waals surface area contributed by atoms with Gasteiger partial charge in [-0.05, 0) is 50.1 Å². The fourth-order valence-corrected chi connectivity index (χ4v) is 2.14. The molecule has 1 aromatic heterocycles.